The Morgan fingerprint density at radius 1 is 0.667 bits per heavy atom. The number of anilines is 1. The van der Waals surface area contributed by atoms with Gasteiger partial charge < -0.3 is 0 Å². The fraction of sp³-hybridized carbons (Fsp3) is 0.258. The Hall–Kier alpha value is -3.86. The zero-order valence-corrected chi connectivity index (χ0v) is 20.2. The van der Waals surface area contributed by atoms with Gasteiger partial charge in [0.25, 0.3) is 0 Å². The van der Waals surface area contributed by atoms with Crippen molar-refractivity contribution in [3.8, 4) is 0 Å². The van der Waals surface area contributed by atoms with Crippen molar-refractivity contribution in [1.29, 1.82) is 0 Å². The monoisotopic (exact) mass is 479 g/mol. The van der Waals surface area contributed by atoms with Crippen LogP contribution in [0.5, 0.6) is 0 Å². The van der Waals surface area contributed by atoms with Crippen LogP contribution in [-0.2, 0) is 14.4 Å². The van der Waals surface area contributed by atoms with Gasteiger partial charge in [-0.2, -0.15) is 0 Å². The molecule has 3 aromatic carbocycles. The molecule has 2 aliphatic carbocycles. The van der Waals surface area contributed by atoms with Gasteiger partial charge in [0.1, 0.15) is 5.82 Å². The summed E-state index contributed by atoms with van der Waals surface area (Å²) in [6.07, 6.45) is 0.749. The summed E-state index contributed by atoms with van der Waals surface area (Å²) in [7, 11) is 0. The average molecular weight is 480 g/mol. The normalized spacial score (nSPS) is 28.9. The predicted octanol–water partition coefficient (Wildman–Crippen LogP) is 5.93. The maximum atomic E-state index is 14.9. The molecule has 36 heavy (non-hydrogen) atoms. The molecule has 0 radical (unpaired) electrons. The fourth-order valence-corrected chi connectivity index (χ4v) is 7.33. The van der Waals surface area contributed by atoms with E-state index in [1.54, 1.807) is 6.07 Å². The van der Waals surface area contributed by atoms with Gasteiger partial charge in [0, 0.05) is 0 Å². The first-order valence-electron chi connectivity index (χ1n) is 12.5. The number of carbonyl (C=O) groups is 3. The first-order valence-corrected chi connectivity index (χ1v) is 12.5. The fourth-order valence-electron chi connectivity index (χ4n) is 7.33. The van der Waals surface area contributed by atoms with Crippen molar-refractivity contribution in [2.75, 3.05) is 4.90 Å². The standard InChI is InChI=1S/C31H26FNO3/c1-3-30-23(19-13-7-5-8-14-19)24(20-15-9-6-10-16-20)31(4-2,29(30)36)26-25(30)27(34)33(28(26)35)22-18-12-11-17-21(22)32/h5-18,25-26H,3-4H2,1-2H3/t25-,26+,30+,31-. The number of imide groups is 1. The van der Waals surface area contributed by atoms with E-state index < -0.39 is 40.3 Å². The third-order valence-corrected chi connectivity index (χ3v) is 8.65. The maximum absolute atomic E-state index is 14.9. The van der Waals surface area contributed by atoms with Crippen molar-refractivity contribution in [3.63, 3.8) is 0 Å². The van der Waals surface area contributed by atoms with E-state index in [9.17, 15) is 18.8 Å². The number of ketones is 1. The lowest BCUT2D eigenvalue weighted by Crippen LogP contribution is -2.42. The van der Waals surface area contributed by atoms with Crippen molar-refractivity contribution in [2.24, 2.45) is 22.7 Å². The lowest BCUT2D eigenvalue weighted by atomic mass is 9.60. The number of fused-ring (bicyclic) bond motifs is 5. The van der Waals surface area contributed by atoms with Gasteiger partial charge in [-0.15, -0.1) is 0 Å². The van der Waals surface area contributed by atoms with E-state index in [0.29, 0.717) is 12.8 Å². The molecule has 1 saturated carbocycles. The SMILES string of the molecule is CC[C@@]12C(=O)[C@@](CC)(C(c3ccccc3)=C1c1ccccc1)[C@H]1C(=O)N(c3ccccc3F)C(=O)[C@H]12. The predicted molar refractivity (Wildman–Crippen MR) is 136 cm³/mol. The molecule has 2 bridgehead atoms. The van der Waals surface area contributed by atoms with E-state index in [4.69, 9.17) is 0 Å². The lowest BCUT2D eigenvalue weighted by molar-refractivity contribution is -0.134. The summed E-state index contributed by atoms with van der Waals surface area (Å²) < 4.78 is 14.9. The van der Waals surface area contributed by atoms with Gasteiger partial charge >= 0.3 is 0 Å². The van der Waals surface area contributed by atoms with Crippen LogP contribution in [0.1, 0.15) is 37.8 Å². The van der Waals surface area contributed by atoms with Crippen LogP contribution >= 0.6 is 0 Å². The minimum absolute atomic E-state index is 0.0474. The molecule has 1 aliphatic heterocycles. The van der Waals surface area contributed by atoms with Crippen LogP contribution in [0.2, 0.25) is 0 Å². The average Bonchev–Trinajstić information content (AvgIpc) is 3.41. The summed E-state index contributed by atoms with van der Waals surface area (Å²) >= 11 is 0. The number of allylic oxidation sites excluding steroid dienone is 2. The molecule has 0 spiro atoms. The minimum atomic E-state index is -1.17. The number of para-hydroxylation sites is 1. The number of hydrogen-bond acceptors (Lipinski definition) is 3. The van der Waals surface area contributed by atoms with Crippen molar-refractivity contribution in [2.45, 2.75) is 26.7 Å². The zero-order valence-electron chi connectivity index (χ0n) is 20.2. The number of halogens is 1. The van der Waals surface area contributed by atoms with E-state index in [-0.39, 0.29) is 11.5 Å². The van der Waals surface area contributed by atoms with Gasteiger partial charge in [0.15, 0.2) is 5.78 Å². The Labute approximate surface area is 209 Å². The summed E-state index contributed by atoms with van der Waals surface area (Å²) in [6.45, 7) is 3.84. The Morgan fingerprint density at radius 3 is 1.50 bits per heavy atom. The van der Waals surface area contributed by atoms with Crippen molar-refractivity contribution in [3.05, 3.63) is 102 Å². The highest BCUT2D eigenvalue weighted by Crippen LogP contribution is 2.75. The molecule has 4 atom stereocenters. The Bertz CT molecular complexity index is 1360. The molecule has 2 fully saturated rings. The number of hydrogen-bond donors (Lipinski definition) is 0. The quantitative estimate of drug-likeness (QED) is 0.426. The van der Waals surface area contributed by atoms with Crippen LogP contribution in [0.25, 0.3) is 11.1 Å². The lowest BCUT2D eigenvalue weighted by Gasteiger charge is -2.38. The van der Waals surface area contributed by atoms with Crippen molar-refractivity contribution < 1.29 is 18.8 Å². The molecular weight excluding hydrogens is 453 g/mol. The molecule has 0 N–H and O–H groups in total. The van der Waals surface area contributed by atoms with E-state index >= 15 is 0 Å². The van der Waals surface area contributed by atoms with Gasteiger partial charge in [-0.1, -0.05) is 86.6 Å². The summed E-state index contributed by atoms with van der Waals surface area (Å²) in [5.74, 6) is -3.40. The van der Waals surface area contributed by atoms with Crippen LogP contribution in [0.4, 0.5) is 10.1 Å². The van der Waals surface area contributed by atoms with Crippen LogP contribution in [0, 0.1) is 28.5 Å². The molecule has 2 amide bonds. The molecule has 4 nitrogen and oxygen atoms in total. The number of carbonyl (C=O) groups excluding carboxylic acids is 3. The third-order valence-electron chi connectivity index (χ3n) is 8.65. The van der Waals surface area contributed by atoms with Crippen LogP contribution in [0.3, 0.4) is 0 Å². The van der Waals surface area contributed by atoms with Gasteiger partial charge in [0.05, 0.1) is 28.4 Å². The maximum Gasteiger partial charge on any atom is 0.239 e. The largest absolute Gasteiger partial charge is 0.298 e. The summed E-state index contributed by atoms with van der Waals surface area (Å²) in [5, 5.41) is 0. The van der Waals surface area contributed by atoms with E-state index in [1.165, 1.54) is 18.2 Å². The van der Waals surface area contributed by atoms with Gasteiger partial charge in [0.2, 0.25) is 11.8 Å². The minimum Gasteiger partial charge on any atom is -0.298 e. The second-order valence-electron chi connectivity index (χ2n) is 9.88. The molecule has 5 heteroatoms. The van der Waals surface area contributed by atoms with Gasteiger partial charge in [-0.25, -0.2) is 9.29 Å². The van der Waals surface area contributed by atoms with Gasteiger partial charge in [-0.3, -0.25) is 14.4 Å². The number of amides is 2. The highest BCUT2D eigenvalue weighted by Gasteiger charge is 2.80. The van der Waals surface area contributed by atoms with Crippen LogP contribution < -0.4 is 4.90 Å². The number of nitrogens with zero attached hydrogens (tertiary/aromatic N) is 1. The first kappa shape index (κ1) is 22.6. The van der Waals surface area contributed by atoms with Gasteiger partial charge in [-0.05, 0) is 47.2 Å². The first-order chi connectivity index (χ1) is 17.4. The number of Topliss-reactive ketones (excluding diaryl/α,β-unsaturated/α-hetero) is 1. The summed E-state index contributed by atoms with van der Waals surface area (Å²) in [4.78, 5) is 43.8. The van der Waals surface area contributed by atoms with Crippen LogP contribution in [0.15, 0.2) is 84.9 Å². The second kappa shape index (κ2) is 7.82. The molecule has 6 rings (SSSR count). The smallest absolute Gasteiger partial charge is 0.239 e. The van der Waals surface area contributed by atoms with E-state index in [2.05, 4.69) is 0 Å². The van der Waals surface area contributed by atoms with E-state index in [0.717, 1.165) is 27.2 Å². The van der Waals surface area contributed by atoms with Crippen molar-refractivity contribution in [1.82, 2.24) is 0 Å². The zero-order chi connectivity index (χ0) is 25.2. The molecule has 3 aliphatic rings. The number of benzene rings is 3. The van der Waals surface area contributed by atoms with Crippen LogP contribution in [-0.4, -0.2) is 17.6 Å². The Kier molecular flexibility index (Phi) is 4.91. The number of rotatable bonds is 5. The molecule has 3 aromatic rings. The molecule has 0 unspecified atom stereocenters. The Morgan fingerprint density at radius 2 is 1.08 bits per heavy atom. The highest BCUT2D eigenvalue weighted by atomic mass is 19.1. The summed E-state index contributed by atoms with van der Waals surface area (Å²) in [5.41, 5.74) is 1.05. The highest BCUT2D eigenvalue weighted by molar-refractivity contribution is 6.34. The van der Waals surface area contributed by atoms with Crippen molar-refractivity contribution >= 4 is 34.4 Å². The molecular formula is C31H26FNO3. The molecule has 0 aromatic heterocycles. The van der Waals surface area contributed by atoms with E-state index in [1.807, 2.05) is 74.5 Å². The molecule has 1 heterocycles. The third kappa shape index (κ3) is 2.50. The molecule has 180 valence electrons. The second-order valence-corrected chi connectivity index (χ2v) is 9.88. The molecule has 1 saturated heterocycles. The Balaban J connectivity index is 1.69. The summed E-state index contributed by atoms with van der Waals surface area (Å²) in [6, 6.07) is 25.3. The topological polar surface area (TPSA) is 54.5 Å².